The molecule has 4 nitrogen and oxygen atoms in total. The Morgan fingerprint density at radius 3 is 0.958 bits per heavy atom. The molecule has 118 heavy (non-hydrogen) atoms. The Hall–Kier alpha value is -15.6. The predicted octanol–water partition coefficient (Wildman–Crippen LogP) is 32.0. The molecule has 4 heteroatoms. The number of hydrogen-bond acceptors (Lipinski definition) is 2. The lowest BCUT2D eigenvalue weighted by Crippen LogP contribution is -1.93. The lowest BCUT2D eigenvalue weighted by Gasteiger charge is -2.19. The minimum atomic E-state index is -0.410. The van der Waals surface area contributed by atoms with E-state index in [1.54, 1.807) is 0 Å². The third kappa shape index (κ3) is 10.5. The Balaban J connectivity index is 0.000000143. The van der Waals surface area contributed by atoms with Crippen molar-refractivity contribution >= 4 is 152 Å². The van der Waals surface area contributed by atoms with Gasteiger partial charge in [0.2, 0.25) is 0 Å². The molecule has 0 amide bonds. The van der Waals surface area contributed by atoms with Crippen LogP contribution < -0.4 is 0 Å². The summed E-state index contributed by atoms with van der Waals surface area (Å²) in [7, 11) is 0. The highest BCUT2D eigenvalue weighted by Crippen LogP contribution is 2.52. The molecule has 25 aromatic rings. The molecule has 0 fully saturated rings. The van der Waals surface area contributed by atoms with Crippen LogP contribution in [0.5, 0.6) is 0 Å². The van der Waals surface area contributed by atoms with Crippen LogP contribution in [0.2, 0.25) is 0 Å². The maximum Gasteiger partial charge on any atom is 0.143 e. The van der Waals surface area contributed by atoms with Crippen molar-refractivity contribution in [3.05, 3.63) is 424 Å². The zero-order chi connectivity index (χ0) is 86.2. The quantitative estimate of drug-likeness (QED) is 0.135. The molecule has 4 heterocycles. The number of fused-ring (bicyclic) bond motifs is 18. The van der Waals surface area contributed by atoms with Gasteiger partial charge in [0, 0.05) is 60.0 Å². The van der Waals surface area contributed by atoms with Crippen LogP contribution in [-0.4, -0.2) is 9.13 Å². The SMILES string of the molecule is [2H]c1c([2H])c([2H])c(-c2c3ccccc3c(-c3cc(-c4ccc(-c5ccccc5)c5oc6ccc(-n7c8ccccc8c8ccccc87)cc6c45)c4ccccc4c3)c3ccccc23)c([2H])c1[2H].[2H]c1c([2H])c([2H])c(-c2c3ccccc3c(-c3cc(-c4cccc5oc6ccc(-n7c8ccccc8c8ccccc87)cc6c45)c4ccccc4c3)c3ccccc23)c([2H])c1[2H]. The standard InChI is InChI=1S/C60H37NO.C54H33NO/c1-3-17-38(18-4-1)44-32-33-51(59-53-37-42(31-34-56(53)62-60(44)59)61-54-29-15-13-23-45(54)46-24-14-16-30-55(46)61)52-36-41(35-40-21-7-8-22-43(40)52)58-49-27-11-9-25-47(49)57(39-19-5-2-6-20-39)48-26-10-12-28-50(48)58;1-2-15-34(16-3-1)52-41-21-6-8-23-43(41)53(44-24-9-7-22-42(44)52)36-31-35-17-4-5-18-38(35)46(32-36)45-25-14-28-51-54(45)47-33-37(29-30-50(47)56-51)55-48-26-12-10-19-39(48)40-20-11-13-27-49(40)55/h1-37H;1-33H/i2D,5D,6D,19D,20D;1D,2D,3D,15D,16D. The van der Waals surface area contributed by atoms with Crippen molar-refractivity contribution < 1.29 is 22.5 Å². The molecule has 548 valence electrons. The van der Waals surface area contributed by atoms with Gasteiger partial charge in [-0.1, -0.05) is 327 Å². The molecule has 0 N–H and O–H groups in total. The van der Waals surface area contributed by atoms with Gasteiger partial charge >= 0.3 is 0 Å². The lowest BCUT2D eigenvalue weighted by molar-refractivity contribution is 0.669. The minimum absolute atomic E-state index is 0.192. The second-order valence-electron chi connectivity index (χ2n) is 30.4. The lowest BCUT2D eigenvalue weighted by atomic mass is 9.84. The molecule has 0 aliphatic heterocycles. The van der Waals surface area contributed by atoms with E-state index in [9.17, 15) is 0 Å². The smallest absolute Gasteiger partial charge is 0.143 e. The molecule has 4 aromatic heterocycles. The van der Waals surface area contributed by atoms with Crippen LogP contribution in [0, 0.1) is 0 Å². The van der Waals surface area contributed by atoms with Crippen molar-refractivity contribution in [2.24, 2.45) is 0 Å². The second kappa shape index (κ2) is 27.0. The summed E-state index contributed by atoms with van der Waals surface area (Å²) in [5.41, 5.74) is 21.8. The molecule has 0 atom stereocenters. The summed E-state index contributed by atoms with van der Waals surface area (Å²) in [5, 5.41) is 20.2. The molecule has 0 spiro atoms. The molecule has 0 aliphatic carbocycles. The summed E-state index contributed by atoms with van der Waals surface area (Å²) in [6, 6.07) is 124. The molecule has 0 aliphatic rings. The summed E-state index contributed by atoms with van der Waals surface area (Å²) in [5.74, 6) is 0. The molecular weight excluding hydrogens is 1430 g/mol. The number of benzene rings is 21. The van der Waals surface area contributed by atoms with Gasteiger partial charge in [-0.05, 0) is 234 Å². The topological polar surface area (TPSA) is 36.1 Å². The van der Waals surface area contributed by atoms with Crippen molar-refractivity contribution in [1.29, 1.82) is 0 Å². The Labute approximate surface area is 693 Å². The first-order chi connectivity index (χ1) is 62.7. The fourth-order valence-electron chi connectivity index (χ4n) is 19.2. The van der Waals surface area contributed by atoms with Crippen LogP contribution in [0.1, 0.15) is 13.7 Å². The summed E-state index contributed by atoms with van der Waals surface area (Å²) >= 11 is 0. The minimum Gasteiger partial charge on any atom is -0.456 e. The fourth-order valence-corrected chi connectivity index (χ4v) is 19.2. The van der Waals surface area contributed by atoms with Gasteiger partial charge < -0.3 is 18.0 Å². The van der Waals surface area contributed by atoms with Gasteiger partial charge in [0.05, 0.1) is 35.8 Å². The van der Waals surface area contributed by atoms with Crippen molar-refractivity contribution in [3.63, 3.8) is 0 Å². The average molecular weight is 1510 g/mol. The first-order valence-electron chi connectivity index (χ1n) is 44.8. The van der Waals surface area contributed by atoms with Crippen LogP contribution in [0.3, 0.4) is 0 Å². The van der Waals surface area contributed by atoms with Gasteiger partial charge in [-0.2, -0.15) is 0 Å². The van der Waals surface area contributed by atoms with E-state index in [0.29, 0.717) is 11.1 Å². The van der Waals surface area contributed by atoms with E-state index in [1.165, 1.54) is 21.5 Å². The summed E-state index contributed by atoms with van der Waals surface area (Å²) in [6.07, 6.45) is 0. The van der Waals surface area contributed by atoms with E-state index in [0.717, 1.165) is 198 Å². The van der Waals surface area contributed by atoms with E-state index in [-0.39, 0.29) is 59.5 Å². The molecule has 25 rings (SSSR count). The average Bonchev–Trinajstić information content (AvgIpc) is 1.14. The maximum absolute atomic E-state index is 9.08. The van der Waals surface area contributed by atoms with Gasteiger partial charge in [-0.3, -0.25) is 0 Å². The van der Waals surface area contributed by atoms with E-state index < -0.39 is 12.1 Å². The number of para-hydroxylation sites is 4. The number of nitrogens with zero attached hydrogens (tertiary/aromatic N) is 2. The van der Waals surface area contributed by atoms with Crippen LogP contribution in [0.4, 0.5) is 0 Å². The number of aromatic nitrogens is 2. The van der Waals surface area contributed by atoms with E-state index in [2.05, 4.69) is 288 Å². The molecule has 0 saturated heterocycles. The summed E-state index contributed by atoms with van der Waals surface area (Å²) in [6.45, 7) is 0. The van der Waals surface area contributed by atoms with Gasteiger partial charge in [0.1, 0.15) is 22.3 Å². The Morgan fingerprint density at radius 1 is 0.195 bits per heavy atom. The largest absolute Gasteiger partial charge is 0.456 e. The van der Waals surface area contributed by atoms with Crippen molar-refractivity contribution in [2.45, 2.75) is 0 Å². The maximum atomic E-state index is 9.08. The van der Waals surface area contributed by atoms with Gasteiger partial charge in [0.15, 0.2) is 0 Å². The summed E-state index contributed by atoms with van der Waals surface area (Å²) < 4.78 is 106. The van der Waals surface area contributed by atoms with Crippen LogP contribution >= 0.6 is 0 Å². The zero-order valence-electron chi connectivity index (χ0n) is 73.4. The number of furan rings is 2. The Kier molecular flexibility index (Phi) is 13.2. The number of hydrogen-bond donors (Lipinski definition) is 0. The van der Waals surface area contributed by atoms with Crippen molar-refractivity contribution in [2.75, 3.05) is 0 Å². The third-order valence-corrected chi connectivity index (χ3v) is 24.1. The van der Waals surface area contributed by atoms with Crippen molar-refractivity contribution in [1.82, 2.24) is 9.13 Å². The highest BCUT2D eigenvalue weighted by molar-refractivity contribution is 6.27. The van der Waals surface area contributed by atoms with Crippen LogP contribution in [-0.2, 0) is 0 Å². The molecule has 0 unspecified atom stereocenters. The molecule has 0 radical (unpaired) electrons. The fraction of sp³-hybridized carbons (Fsp3) is 0. The normalized spacial score (nSPS) is 13.1. The van der Waals surface area contributed by atoms with E-state index in [1.807, 2.05) is 84.9 Å². The van der Waals surface area contributed by atoms with Gasteiger partial charge in [-0.25, -0.2) is 0 Å². The highest BCUT2D eigenvalue weighted by Gasteiger charge is 2.26. The Morgan fingerprint density at radius 2 is 0.534 bits per heavy atom. The van der Waals surface area contributed by atoms with Crippen LogP contribution in [0.25, 0.3) is 241 Å². The first kappa shape index (κ1) is 57.4. The highest BCUT2D eigenvalue weighted by atomic mass is 16.3. The summed E-state index contributed by atoms with van der Waals surface area (Å²) in [4.78, 5) is 0. The monoisotopic (exact) mass is 1510 g/mol. The Bertz CT molecular complexity index is 8840. The zero-order valence-corrected chi connectivity index (χ0v) is 63.4. The molecule has 0 bridgehead atoms. The van der Waals surface area contributed by atoms with Crippen LogP contribution in [0.15, 0.2) is 433 Å². The molecule has 21 aromatic carbocycles. The van der Waals surface area contributed by atoms with Gasteiger partial charge in [0.25, 0.3) is 0 Å². The number of rotatable bonds is 9. The predicted molar refractivity (Wildman–Crippen MR) is 499 cm³/mol. The first-order valence-corrected chi connectivity index (χ1v) is 39.8. The second-order valence-corrected chi connectivity index (χ2v) is 30.4. The van der Waals surface area contributed by atoms with E-state index >= 15 is 0 Å². The van der Waals surface area contributed by atoms with E-state index in [4.69, 9.17) is 22.5 Å². The third-order valence-electron chi connectivity index (χ3n) is 24.1. The van der Waals surface area contributed by atoms with Crippen molar-refractivity contribution in [3.8, 4) is 89.3 Å². The van der Waals surface area contributed by atoms with Gasteiger partial charge in [-0.15, -0.1) is 0 Å². The molecule has 0 saturated carbocycles. The molecular formula is C114H70N2O2.